The lowest BCUT2D eigenvalue weighted by Crippen LogP contribution is -2.35. The molecular weight excluding hydrogens is 370 g/mol. The van der Waals surface area contributed by atoms with Crippen LogP contribution in [0.25, 0.3) is 6.08 Å². The van der Waals surface area contributed by atoms with Gasteiger partial charge in [-0.25, -0.2) is 0 Å². The molecule has 3 fully saturated rings. The Morgan fingerprint density at radius 1 is 1.13 bits per heavy atom. The summed E-state index contributed by atoms with van der Waals surface area (Å²) in [6.07, 6.45) is 13.6. The van der Waals surface area contributed by atoms with Gasteiger partial charge in [0, 0.05) is 44.4 Å². The van der Waals surface area contributed by atoms with Crippen molar-refractivity contribution in [3.8, 4) is 0 Å². The lowest BCUT2D eigenvalue weighted by atomic mass is 9.86. The lowest BCUT2D eigenvalue weighted by molar-refractivity contribution is -0.129. The fourth-order valence-electron chi connectivity index (χ4n) is 5.05. The molecule has 2 aliphatic carbocycles. The maximum atomic E-state index is 12.1. The van der Waals surface area contributed by atoms with Crippen molar-refractivity contribution in [1.29, 1.82) is 0 Å². The van der Waals surface area contributed by atoms with Gasteiger partial charge in [0.05, 0.1) is 0 Å². The average Bonchev–Trinajstić information content (AvgIpc) is 3.31. The molecule has 30 heavy (non-hydrogen) atoms. The van der Waals surface area contributed by atoms with Crippen LogP contribution in [0.3, 0.4) is 0 Å². The van der Waals surface area contributed by atoms with Crippen molar-refractivity contribution in [2.24, 2.45) is 16.8 Å². The zero-order valence-corrected chi connectivity index (χ0v) is 18.4. The molecule has 2 atom stereocenters. The van der Waals surface area contributed by atoms with Crippen LogP contribution in [0.5, 0.6) is 0 Å². The maximum absolute atomic E-state index is 12.1. The number of carbonyl (C=O) groups excluding carboxylic acids is 1. The third-order valence-corrected chi connectivity index (χ3v) is 7.02. The zero-order chi connectivity index (χ0) is 20.8. The van der Waals surface area contributed by atoms with Gasteiger partial charge in [0.25, 0.3) is 0 Å². The minimum absolute atomic E-state index is 0.285. The van der Waals surface area contributed by atoms with Gasteiger partial charge in [-0.2, -0.15) is 0 Å². The molecule has 2 saturated carbocycles. The Labute approximate surface area is 181 Å². The Morgan fingerprint density at radius 2 is 1.87 bits per heavy atom. The molecule has 1 amide bonds. The minimum Gasteiger partial charge on any atom is -0.343 e. The first-order valence-electron chi connectivity index (χ1n) is 12.0. The second-order valence-electron chi connectivity index (χ2n) is 9.42. The van der Waals surface area contributed by atoms with E-state index in [4.69, 9.17) is 0 Å². The average molecular weight is 408 g/mol. The third-order valence-electron chi connectivity index (χ3n) is 7.02. The molecule has 0 radical (unpaired) electrons. The highest BCUT2D eigenvalue weighted by Crippen LogP contribution is 2.39. The summed E-state index contributed by atoms with van der Waals surface area (Å²) in [6.45, 7) is 4.83. The molecule has 1 aliphatic heterocycles. The summed E-state index contributed by atoms with van der Waals surface area (Å²) >= 11 is 0. The first kappa shape index (κ1) is 21.3. The van der Waals surface area contributed by atoms with E-state index in [1.807, 2.05) is 4.90 Å². The molecule has 1 N–H and O–H groups in total. The number of carbonyl (C=O) groups is 1. The Balaban J connectivity index is 1.12. The monoisotopic (exact) mass is 407 g/mol. The van der Waals surface area contributed by atoms with Gasteiger partial charge in [-0.3, -0.25) is 9.79 Å². The molecule has 0 aromatic heterocycles. The molecule has 0 spiro atoms. The molecule has 162 valence electrons. The standard InChI is InChI=1S/C26H37N3O/c1-20(17-21-7-3-2-4-8-21)24-18-25(24)28-23-11-9-22(10-12-23)19-27-14-13-26(30)29-15-5-6-16-29/h2-4,7-8,17,19,22-25,28H,5-6,9-16,18H2,1H3/b20-17+,27-19?/t22?,23?,24-,25?/m0/s1. The number of nitrogens with zero attached hydrogens (tertiary/aromatic N) is 2. The number of nitrogens with one attached hydrogen (secondary N) is 1. The first-order valence-corrected chi connectivity index (χ1v) is 12.0. The topological polar surface area (TPSA) is 44.7 Å². The number of rotatable bonds is 8. The first-order chi connectivity index (χ1) is 14.7. The second kappa shape index (κ2) is 10.4. The van der Waals surface area contributed by atoms with Gasteiger partial charge in [-0.1, -0.05) is 42.0 Å². The number of benzene rings is 1. The largest absolute Gasteiger partial charge is 0.343 e. The lowest BCUT2D eigenvalue weighted by Gasteiger charge is -2.27. The highest BCUT2D eigenvalue weighted by atomic mass is 16.2. The van der Waals surface area contributed by atoms with E-state index in [0.29, 0.717) is 36.9 Å². The van der Waals surface area contributed by atoms with Gasteiger partial charge in [-0.15, -0.1) is 0 Å². The van der Waals surface area contributed by atoms with E-state index < -0.39 is 0 Å². The predicted molar refractivity (Wildman–Crippen MR) is 125 cm³/mol. The van der Waals surface area contributed by atoms with E-state index in [1.165, 1.54) is 43.2 Å². The van der Waals surface area contributed by atoms with Gasteiger partial charge in [0.15, 0.2) is 0 Å². The van der Waals surface area contributed by atoms with Crippen LogP contribution in [0.4, 0.5) is 0 Å². The molecule has 0 bridgehead atoms. The van der Waals surface area contributed by atoms with Crippen LogP contribution < -0.4 is 5.32 Å². The van der Waals surface area contributed by atoms with Crippen LogP contribution in [0.15, 0.2) is 40.9 Å². The van der Waals surface area contributed by atoms with E-state index in [2.05, 4.69) is 59.9 Å². The molecule has 4 nitrogen and oxygen atoms in total. The number of likely N-dealkylation sites (tertiary alicyclic amines) is 1. The number of hydrogen-bond acceptors (Lipinski definition) is 3. The molecule has 4 rings (SSSR count). The number of aliphatic imine (C=N–C) groups is 1. The van der Waals surface area contributed by atoms with Crippen LogP contribution in [0.2, 0.25) is 0 Å². The summed E-state index contributed by atoms with van der Waals surface area (Å²) in [7, 11) is 0. The molecule has 1 unspecified atom stereocenters. The molecular formula is C26H37N3O. The van der Waals surface area contributed by atoms with E-state index >= 15 is 0 Å². The van der Waals surface area contributed by atoms with Crippen molar-refractivity contribution in [1.82, 2.24) is 10.2 Å². The summed E-state index contributed by atoms with van der Waals surface area (Å²) in [6, 6.07) is 12.0. The molecule has 3 aliphatic rings. The van der Waals surface area contributed by atoms with Crippen LogP contribution in [-0.4, -0.2) is 48.7 Å². The van der Waals surface area contributed by atoms with Gasteiger partial charge >= 0.3 is 0 Å². The van der Waals surface area contributed by atoms with Crippen molar-refractivity contribution >= 4 is 18.2 Å². The fourth-order valence-corrected chi connectivity index (χ4v) is 5.05. The molecule has 1 saturated heterocycles. The highest BCUT2D eigenvalue weighted by molar-refractivity contribution is 5.76. The Morgan fingerprint density at radius 3 is 2.60 bits per heavy atom. The quantitative estimate of drug-likeness (QED) is 0.634. The molecule has 1 heterocycles. The predicted octanol–water partition coefficient (Wildman–Crippen LogP) is 4.71. The van der Waals surface area contributed by atoms with Crippen LogP contribution in [-0.2, 0) is 4.79 Å². The van der Waals surface area contributed by atoms with Crippen molar-refractivity contribution in [3.05, 3.63) is 41.5 Å². The Bertz CT molecular complexity index is 743. The summed E-state index contributed by atoms with van der Waals surface area (Å²) < 4.78 is 0. The third kappa shape index (κ3) is 6.04. The van der Waals surface area contributed by atoms with Crippen molar-refractivity contribution in [2.75, 3.05) is 19.6 Å². The van der Waals surface area contributed by atoms with Crippen LogP contribution >= 0.6 is 0 Å². The molecule has 4 heteroatoms. The molecule has 1 aromatic carbocycles. The second-order valence-corrected chi connectivity index (χ2v) is 9.42. The van der Waals surface area contributed by atoms with E-state index in [9.17, 15) is 4.79 Å². The number of hydrogen-bond donors (Lipinski definition) is 1. The van der Waals surface area contributed by atoms with Gasteiger partial charge in [-0.05, 0) is 69.3 Å². The Hall–Kier alpha value is -1.94. The summed E-state index contributed by atoms with van der Waals surface area (Å²) in [5.74, 6) is 1.59. The van der Waals surface area contributed by atoms with Crippen molar-refractivity contribution in [2.45, 2.75) is 70.4 Å². The Kier molecular flexibility index (Phi) is 7.37. The van der Waals surface area contributed by atoms with E-state index in [-0.39, 0.29) is 5.91 Å². The van der Waals surface area contributed by atoms with Gasteiger partial charge in [0.1, 0.15) is 0 Å². The highest BCUT2D eigenvalue weighted by Gasteiger charge is 2.39. The summed E-state index contributed by atoms with van der Waals surface area (Å²) in [4.78, 5) is 18.6. The van der Waals surface area contributed by atoms with E-state index in [0.717, 1.165) is 25.9 Å². The van der Waals surface area contributed by atoms with E-state index in [1.54, 1.807) is 0 Å². The van der Waals surface area contributed by atoms with Gasteiger partial charge < -0.3 is 10.2 Å². The normalized spacial score (nSPS) is 29.5. The minimum atomic E-state index is 0.285. The van der Waals surface area contributed by atoms with Crippen molar-refractivity contribution in [3.63, 3.8) is 0 Å². The van der Waals surface area contributed by atoms with Crippen molar-refractivity contribution < 1.29 is 4.79 Å². The molecule has 1 aromatic rings. The zero-order valence-electron chi connectivity index (χ0n) is 18.4. The fraction of sp³-hybridized carbons (Fsp3) is 0.615. The number of amides is 1. The smallest absolute Gasteiger partial charge is 0.224 e. The van der Waals surface area contributed by atoms with Crippen LogP contribution in [0.1, 0.15) is 63.9 Å². The summed E-state index contributed by atoms with van der Waals surface area (Å²) in [5.41, 5.74) is 2.81. The van der Waals surface area contributed by atoms with Crippen LogP contribution in [0, 0.1) is 11.8 Å². The summed E-state index contributed by atoms with van der Waals surface area (Å²) in [5, 5.41) is 3.91. The maximum Gasteiger partial charge on any atom is 0.224 e. The van der Waals surface area contributed by atoms with Gasteiger partial charge in [0.2, 0.25) is 5.91 Å². The SMILES string of the molecule is C/C(=C\c1ccccc1)[C@@H]1CC1NC1CCC(C=NCCC(=O)N2CCCC2)CC1.